The van der Waals surface area contributed by atoms with Crippen molar-refractivity contribution in [1.29, 1.82) is 0 Å². The molecule has 0 amide bonds. The molecular weight excluding hydrogens is 282 g/mol. The standard InChI is InChI=1S/C14H10F2N2OS/c1-19-11-2-3-12-13(7-11)20-14(18-12)17-10-5-8(15)4-9(16)6-10/h2-7H,1H3,(H,17,18). The molecule has 0 radical (unpaired) electrons. The summed E-state index contributed by atoms with van der Waals surface area (Å²) in [4.78, 5) is 4.35. The SMILES string of the molecule is COc1ccc2nc(Nc3cc(F)cc(F)c3)sc2c1. The van der Waals surface area contributed by atoms with Gasteiger partial charge in [0.05, 0.1) is 17.3 Å². The number of nitrogens with one attached hydrogen (secondary N) is 1. The van der Waals surface area contributed by atoms with E-state index in [0.717, 1.165) is 22.0 Å². The maximum atomic E-state index is 13.1. The molecule has 0 aliphatic carbocycles. The largest absolute Gasteiger partial charge is 0.497 e. The van der Waals surface area contributed by atoms with E-state index in [4.69, 9.17) is 4.74 Å². The molecule has 20 heavy (non-hydrogen) atoms. The molecule has 0 saturated heterocycles. The quantitative estimate of drug-likeness (QED) is 0.780. The van der Waals surface area contributed by atoms with Crippen LogP contribution in [-0.4, -0.2) is 12.1 Å². The van der Waals surface area contributed by atoms with E-state index in [-0.39, 0.29) is 0 Å². The first-order valence-corrected chi connectivity index (χ1v) is 6.63. The number of benzene rings is 2. The van der Waals surface area contributed by atoms with Gasteiger partial charge in [0.15, 0.2) is 5.13 Å². The van der Waals surface area contributed by atoms with Gasteiger partial charge in [0.1, 0.15) is 17.4 Å². The van der Waals surface area contributed by atoms with Crippen LogP contribution in [0.25, 0.3) is 10.2 Å². The van der Waals surface area contributed by atoms with Crippen molar-refractivity contribution in [2.45, 2.75) is 0 Å². The normalized spacial score (nSPS) is 10.8. The van der Waals surface area contributed by atoms with Crippen molar-refractivity contribution >= 4 is 32.4 Å². The Hall–Kier alpha value is -2.21. The summed E-state index contributed by atoms with van der Waals surface area (Å²) in [6.07, 6.45) is 0. The number of aromatic nitrogens is 1. The highest BCUT2D eigenvalue weighted by atomic mass is 32.1. The molecule has 0 aliphatic rings. The molecule has 3 rings (SSSR count). The molecule has 0 unspecified atom stereocenters. The van der Waals surface area contributed by atoms with Gasteiger partial charge in [-0.15, -0.1) is 0 Å². The third kappa shape index (κ3) is 2.55. The summed E-state index contributed by atoms with van der Waals surface area (Å²) >= 11 is 1.39. The molecule has 1 heterocycles. The zero-order chi connectivity index (χ0) is 14.1. The van der Waals surface area contributed by atoms with Gasteiger partial charge in [-0.25, -0.2) is 13.8 Å². The first-order valence-electron chi connectivity index (χ1n) is 5.82. The summed E-state index contributed by atoms with van der Waals surface area (Å²) in [6.45, 7) is 0. The highest BCUT2D eigenvalue weighted by molar-refractivity contribution is 7.22. The third-order valence-electron chi connectivity index (χ3n) is 2.71. The van der Waals surface area contributed by atoms with Crippen LogP contribution in [0.2, 0.25) is 0 Å². The predicted octanol–water partition coefficient (Wildman–Crippen LogP) is 4.33. The Morgan fingerprint density at radius 3 is 2.55 bits per heavy atom. The molecule has 0 aliphatic heterocycles. The van der Waals surface area contributed by atoms with Crippen LogP contribution < -0.4 is 10.1 Å². The van der Waals surface area contributed by atoms with E-state index in [0.29, 0.717) is 10.8 Å². The van der Waals surface area contributed by atoms with E-state index >= 15 is 0 Å². The van der Waals surface area contributed by atoms with Gasteiger partial charge in [-0.1, -0.05) is 11.3 Å². The molecule has 0 atom stereocenters. The van der Waals surface area contributed by atoms with Gasteiger partial charge in [-0.05, 0) is 30.3 Å². The number of thiazole rings is 1. The lowest BCUT2D eigenvalue weighted by Gasteiger charge is -2.02. The minimum atomic E-state index is -0.629. The van der Waals surface area contributed by atoms with Crippen LogP contribution in [0.1, 0.15) is 0 Å². The van der Waals surface area contributed by atoms with Crippen LogP contribution in [-0.2, 0) is 0 Å². The second-order valence-electron chi connectivity index (χ2n) is 4.14. The van der Waals surface area contributed by atoms with Gasteiger partial charge in [0.25, 0.3) is 0 Å². The zero-order valence-electron chi connectivity index (χ0n) is 10.5. The van der Waals surface area contributed by atoms with Crippen molar-refractivity contribution < 1.29 is 13.5 Å². The highest BCUT2D eigenvalue weighted by Gasteiger charge is 2.07. The molecule has 3 aromatic rings. The molecule has 1 aromatic heterocycles. The van der Waals surface area contributed by atoms with Crippen LogP contribution in [0.3, 0.4) is 0 Å². The van der Waals surface area contributed by atoms with Gasteiger partial charge >= 0.3 is 0 Å². The predicted molar refractivity (Wildman–Crippen MR) is 75.8 cm³/mol. The first kappa shape index (κ1) is 12.8. The van der Waals surface area contributed by atoms with Crippen LogP contribution >= 0.6 is 11.3 Å². The minimum Gasteiger partial charge on any atom is -0.497 e. The zero-order valence-corrected chi connectivity index (χ0v) is 11.3. The topological polar surface area (TPSA) is 34.1 Å². The van der Waals surface area contributed by atoms with E-state index in [1.54, 1.807) is 7.11 Å². The van der Waals surface area contributed by atoms with Crippen molar-refractivity contribution in [1.82, 2.24) is 4.98 Å². The van der Waals surface area contributed by atoms with E-state index in [1.807, 2.05) is 18.2 Å². The molecule has 0 fully saturated rings. The molecular formula is C14H10F2N2OS. The first-order chi connectivity index (χ1) is 9.64. The molecule has 1 N–H and O–H groups in total. The number of hydrogen-bond acceptors (Lipinski definition) is 4. The van der Waals surface area contributed by atoms with Gasteiger partial charge in [0, 0.05) is 11.8 Å². The number of rotatable bonds is 3. The molecule has 0 saturated carbocycles. The molecule has 102 valence electrons. The second-order valence-corrected chi connectivity index (χ2v) is 5.17. The molecule has 0 bridgehead atoms. The number of halogens is 2. The Kier molecular flexibility index (Phi) is 3.23. The van der Waals surface area contributed by atoms with Gasteiger partial charge in [0.2, 0.25) is 0 Å². The third-order valence-corrected chi connectivity index (χ3v) is 3.64. The van der Waals surface area contributed by atoms with E-state index in [9.17, 15) is 8.78 Å². The minimum absolute atomic E-state index is 0.327. The summed E-state index contributed by atoms with van der Waals surface area (Å²) in [5, 5.41) is 3.47. The Labute approximate surface area is 117 Å². The molecule has 6 heteroatoms. The fourth-order valence-electron chi connectivity index (χ4n) is 1.83. The Morgan fingerprint density at radius 1 is 1.10 bits per heavy atom. The van der Waals surface area contributed by atoms with Gasteiger partial charge in [-0.3, -0.25) is 0 Å². The number of fused-ring (bicyclic) bond motifs is 1. The van der Waals surface area contributed by atoms with Gasteiger partial charge in [-0.2, -0.15) is 0 Å². The van der Waals surface area contributed by atoms with Crippen molar-refractivity contribution in [3.05, 3.63) is 48.0 Å². The Balaban J connectivity index is 1.94. The van der Waals surface area contributed by atoms with E-state index in [2.05, 4.69) is 10.3 Å². The lowest BCUT2D eigenvalue weighted by Crippen LogP contribution is -1.91. The fraction of sp³-hybridized carbons (Fsp3) is 0.0714. The van der Waals surface area contributed by atoms with Crippen molar-refractivity contribution in [2.75, 3.05) is 12.4 Å². The maximum Gasteiger partial charge on any atom is 0.188 e. The van der Waals surface area contributed by atoms with Crippen molar-refractivity contribution in [2.24, 2.45) is 0 Å². The number of nitrogens with zero attached hydrogens (tertiary/aromatic N) is 1. The molecule has 0 spiro atoms. The van der Waals surface area contributed by atoms with Crippen LogP contribution in [0.4, 0.5) is 19.6 Å². The number of hydrogen-bond donors (Lipinski definition) is 1. The molecule has 2 aromatic carbocycles. The number of ether oxygens (including phenoxy) is 1. The van der Waals surface area contributed by atoms with Gasteiger partial charge < -0.3 is 10.1 Å². The second kappa shape index (κ2) is 5.05. The van der Waals surface area contributed by atoms with Crippen molar-refractivity contribution in [3.63, 3.8) is 0 Å². The lowest BCUT2D eigenvalue weighted by atomic mass is 10.3. The van der Waals surface area contributed by atoms with Crippen LogP contribution in [0.15, 0.2) is 36.4 Å². The smallest absolute Gasteiger partial charge is 0.188 e. The fourth-order valence-corrected chi connectivity index (χ4v) is 2.75. The summed E-state index contributed by atoms with van der Waals surface area (Å²) in [5.74, 6) is -0.518. The van der Waals surface area contributed by atoms with E-state index < -0.39 is 11.6 Å². The number of anilines is 2. The number of methoxy groups -OCH3 is 1. The maximum absolute atomic E-state index is 13.1. The van der Waals surface area contributed by atoms with Crippen molar-refractivity contribution in [3.8, 4) is 5.75 Å². The monoisotopic (exact) mass is 292 g/mol. The van der Waals surface area contributed by atoms with E-state index in [1.165, 1.54) is 23.5 Å². The average Bonchev–Trinajstić information content (AvgIpc) is 2.78. The average molecular weight is 292 g/mol. The lowest BCUT2D eigenvalue weighted by molar-refractivity contribution is 0.415. The van der Waals surface area contributed by atoms with Crippen LogP contribution in [0.5, 0.6) is 5.75 Å². The Morgan fingerprint density at radius 2 is 1.85 bits per heavy atom. The summed E-state index contributed by atoms with van der Waals surface area (Å²) < 4.78 is 32.3. The van der Waals surface area contributed by atoms with Crippen LogP contribution in [0, 0.1) is 11.6 Å². The summed E-state index contributed by atoms with van der Waals surface area (Å²) in [5.41, 5.74) is 1.13. The summed E-state index contributed by atoms with van der Waals surface area (Å²) in [7, 11) is 1.59. The molecule has 3 nitrogen and oxygen atoms in total. The highest BCUT2D eigenvalue weighted by Crippen LogP contribution is 2.31. The Bertz CT molecular complexity index is 753. The summed E-state index contributed by atoms with van der Waals surface area (Å²) in [6, 6.07) is 8.78.